The van der Waals surface area contributed by atoms with E-state index in [1.807, 2.05) is 0 Å². The number of thiazole rings is 1. The van der Waals surface area contributed by atoms with Gasteiger partial charge in [-0.1, -0.05) is 29.2 Å². The topological polar surface area (TPSA) is 50.7 Å². The van der Waals surface area contributed by atoms with Crippen LogP contribution in [0.1, 0.15) is 5.01 Å². The number of hydrogen-bond acceptors (Lipinski definition) is 7. The number of nitrogens with one attached hydrogen (secondary N) is 1. The van der Waals surface area contributed by atoms with Crippen LogP contribution in [0, 0.1) is 11.6 Å². The maximum atomic E-state index is 13.7. The van der Waals surface area contributed by atoms with Gasteiger partial charge in [-0.15, -0.1) is 21.5 Å². The van der Waals surface area contributed by atoms with Crippen molar-refractivity contribution < 1.29 is 8.78 Å². The van der Waals surface area contributed by atoms with Crippen molar-refractivity contribution in [1.82, 2.24) is 15.2 Å². The molecule has 0 aliphatic rings. The van der Waals surface area contributed by atoms with E-state index in [1.54, 1.807) is 12.4 Å². The predicted molar refractivity (Wildman–Crippen MR) is 86.5 cm³/mol. The summed E-state index contributed by atoms with van der Waals surface area (Å²) in [6.07, 6.45) is 0. The standard InChI is InChI=1S/C13H10F2N4S3/c1-16-12-18-19-13(22-12)21-6-10-17-9(5-20-10)11-7(14)3-2-4-8(11)15/h2-5H,6H2,1H3,(H,16,18). The number of benzene rings is 1. The number of rotatable bonds is 5. The second kappa shape index (κ2) is 6.67. The Labute approximate surface area is 137 Å². The molecule has 0 fully saturated rings. The first-order valence-electron chi connectivity index (χ1n) is 6.20. The maximum absolute atomic E-state index is 13.7. The van der Waals surface area contributed by atoms with Crippen molar-refractivity contribution in [3.8, 4) is 11.3 Å². The van der Waals surface area contributed by atoms with Crippen LogP contribution < -0.4 is 5.32 Å². The van der Waals surface area contributed by atoms with Gasteiger partial charge >= 0.3 is 0 Å². The van der Waals surface area contributed by atoms with E-state index in [0.29, 0.717) is 11.4 Å². The monoisotopic (exact) mass is 356 g/mol. The lowest BCUT2D eigenvalue weighted by atomic mass is 10.1. The molecule has 2 heterocycles. The van der Waals surface area contributed by atoms with Crippen LogP contribution in [0.25, 0.3) is 11.3 Å². The number of anilines is 1. The first kappa shape index (κ1) is 15.3. The Bertz CT molecular complexity index is 767. The van der Waals surface area contributed by atoms with Crippen LogP contribution in [0.2, 0.25) is 0 Å². The second-order valence-electron chi connectivity index (χ2n) is 4.13. The molecule has 0 atom stereocenters. The highest BCUT2D eigenvalue weighted by molar-refractivity contribution is 8.00. The van der Waals surface area contributed by atoms with Gasteiger partial charge in [0, 0.05) is 12.4 Å². The molecule has 0 bridgehead atoms. The van der Waals surface area contributed by atoms with Gasteiger partial charge in [0.2, 0.25) is 5.13 Å². The van der Waals surface area contributed by atoms with E-state index < -0.39 is 11.6 Å². The Morgan fingerprint density at radius 2 is 2.00 bits per heavy atom. The number of hydrogen-bond donors (Lipinski definition) is 1. The van der Waals surface area contributed by atoms with Gasteiger partial charge in [-0.05, 0) is 12.1 Å². The third-order valence-corrected chi connectivity index (χ3v) is 5.83. The molecule has 3 rings (SSSR count). The summed E-state index contributed by atoms with van der Waals surface area (Å²) < 4.78 is 28.3. The Balaban J connectivity index is 1.74. The fourth-order valence-electron chi connectivity index (χ4n) is 1.73. The van der Waals surface area contributed by atoms with Crippen molar-refractivity contribution in [2.75, 3.05) is 12.4 Å². The van der Waals surface area contributed by atoms with Crippen LogP contribution in [0.5, 0.6) is 0 Å². The van der Waals surface area contributed by atoms with Crippen LogP contribution in [-0.4, -0.2) is 22.2 Å². The number of halogens is 2. The summed E-state index contributed by atoms with van der Waals surface area (Å²) in [7, 11) is 1.78. The Morgan fingerprint density at radius 3 is 2.68 bits per heavy atom. The van der Waals surface area contributed by atoms with Crippen LogP contribution in [-0.2, 0) is 5.75 Å². The smallest absolute Gasteiger partial charge is 0.206 e. The molecule has 0 saturated carbocycles. The summed E-state index contributed by atoms with van der Waals surface area (Å²) in [4.78, 5) is 4.30. The van der Waals surface area contributed by atoms with E-state index in [1.165, 1.54) is 52.6 Å². The molecule has 0 radical (unpaired) electrons. The highest BCUT2D eigenvalue weighted by atomic mass is 32.2. The third-order valence-electron chi connectivity index (χ3n) is 2.71. The Morgan fingerprint density at radius 1 is 1.23 bits per heavy atom. The molecule has 1 aromatic carbocycles. The van der Waals surface area contributed by atoms with Crippen molar-refractivity contribution in [3.05, 3.63) is 40.2 Å². The van der Waals surface area contributed by atoms with Crippen molar-refractivity contribution in [3.63, 3.8) is 0 Å². The molecular formula is C13H10F2N4S3. The lowest BCUT2D eigenvalue weighted by Crippen LogP contribution is -1.90. The highest BCUT2D eigenvalue weighted by Gasteiger charge is 2.14. The first-order chi connectivity index (χ1) is 10.7. The molecule has 9 heteroatoms. The predicted octanol–water partition coefficient (Wildman–Crippen LogP) is 4.27. The molecule has 0 spiro atoms. The average Bonchev–Trinajstić information content (AvgIpc) is 3.14. The van der Waals surface area contributed by atoms with Crippen molar-refractivity contribution in [2.45, 2.75) is 10.1 Å². The molecule has 1 N–H and O–H groups in total. The molecule has 0 aliphatic heterocycles. The summed E-state index contributed by atoms with van der Waals surface area (Å²) in [5, 5.41) is 14.1. The SMILES string of the molecule is CNc1nnc(SCc2nc(-c3c(F)cccc3F)cs2)s1. The zero-order chi connectivity index (χ0) is 15.5. The van der Waals surface area contributed by atoms with E-state index in [0.717, 1.165) is 14.5 Å². The number of thioether (sulfide) groups is 1. The summed E-state index contributed by atoms with van der Waals surface area (Å²) in [6.45, 7) is 0. The molecule has 3 aromatic rings. The second-order valence-corrected chi connectivity index (χ2v) is 7.28. The van der Waals surface area contributed by atoms with Gasteiger partial charge in [0.15, 0.2) is 4.34 Å². The highest BCUT2D eigenvalue weighted by Crippen LogP contribution is 2.32. The first-order valence-corrected chi connectivity index (χ1v) is 8.88. The molecular weight excluding hydrogens is 346 g/mol. The molecule has 0 amide bonds. The number of aromatic nitrogens is 3. The number of nitrogens with zero attached hydrogens (tertiary/aromatic N) is 3. The van der Waals surface area contributed by atoms with Gasteiger partial charge in [0.25, 0.3) is 0 Å². The summed E-state index contributed by atoms with van der Waals surface area (Å²) in [5.74, 6) is -0.626. The fraction of sp³-hybridized carbons (Fsp3) is 0.154. The lowest BCUT2D eigenvalue weighted by molar-refractivity contribution is 0.589. The molecule has 4 nitrogen and oxygen atoms in total. The molecule has 114 valence electrons. The minimum Gasteiger partial charge on any atom is -0.363 e. The quantitative estimate of drug-likeness (QED) is 0.692. The normalized spacial score (nSPS) is 10.9. The van der Waals surface area contributed by atoms with Crippen LogP contribution >= 0.6 is 34.4 Å². The summed E-state index contributed by atoms with van der Waals surface area (Å²) >= 11 is 4.31. The van der Waals surface area contributed by atoms with Gasteiger partial charge in [-0.25, -0.2) is 13.8 Å². The minimum atomic E-state index is -0.604. The van der Waals surface area contributed by atoms with Gasteiger partial charge < -0.3 is 5.32 Å². The van der Waals surface area contributed by atoms with Crippen LogP contribution in [0.3, 0.4) is 0 Å². The van der Waals surface area contributed by atoms with E-state index in [2.05, 4.69) is 20.5 Å². The van der Waals surface area contributed by atoms with Crippen LogP contribution in [0.15, 0.2) is 27.9 Å². The van der Waals surface area contributed by atoms with Crippen molar-refractivity contribution in [1.29, 1.82) is 0 Å². The molecule has 2 aromatic heterocycles. The zero-order valence-corrected chi connectivity index (χ0v) is 13.8. The average molecular weight is 356 g/mol. The van der Waals surface area contributed by atoms with E-state index >= 15 is 0 Å². The van der Waals surface area contributed by atoms with E-state index in [4.69, 9.17) is 0 Å². The van der Waals surface area contributed by atoms with Gasteiger partial charge in [-0.2, -0.15) is 0 Å². The van der Waals surface area contributed by atoms with Gasteiger partial charge in [0.1, 0.15) is 16.6 Å². The van der Waals surface area contributed by atoms with Gasteiger partial charge in [-0.3, -0.25) is 0 Å². The van der Waals surface area contributed by atoms with Crippen molar-refractivity contribution in [2.24, 2.45) is 0 Å². The molecule has 22 heavy (non-hydrogen) atoms. The lowest BCUT2D eigenvalue weighted by Gasteiger charge is -2.00. The zero-order valence-electron chi connectivity index (χ0n) is 11.3. The molecule has 0 saturated heterocycles. The van der Waals surface area contributed by atoms with E-state index in [-0.39, 0.29) is 5.56 Å². The Kier molecular flexibility index (Phi) is 4.65. The maximum Gasteiger partial charge on any atom is 0.206 e. The van der Waals surface area contributed by atoms with E-state index in [9.17, 15) is 8.78 Å². The molecule has 0 unspecified atom stereocenters. The molecule has 0 aliphatic carbocycles. The summed E-state index contributed by atoms with van der Waals surface area (Å²) in [5.41, 5.74) is 0.243. The summed E-state index contributed by atoms with van der Waals surface area (Å²) in [6, 6.07) is 3.80. The minimum absolute atomic E-state index is 0.0802. The third kappa shape index (κ3) is 3.26. The Hall–Kier alpha value is -1.58. The fourth-order valence-corrected chi connectivity index (χ4v) is 4.24. The van der Waals surface area contributed by atoms with Crippen molar-refractivity contribution >= 4 is 39.6 Å². The largest absolute Gasteiger partial charge is 0.363 e. The van der Waals surface area contributed by atoms with Crippen LogP contribution in [0.4, 0.5) is 13.9 Å². The van der Waals surface area contributed by atoms with Gasteiger partial charge in [0.05, 0.1) is 17.0 Å².